The first kappa shape index (κ1) is 22.6. The fraction of sp³-hybridized carbons (Fsp3) is 0.0370. The van der Waals surface area contributed by atoms with Crippen LogP contribution in [0.1, 0.15) is 5.56 Å². The number of carbonyl (C=O) groups is 1. The monoisotopic (exact) mass is 494 g/mol. The Kier molecular flexibility index (Phi) is 6.44. The van der Waals surface area contributed by atoms with Crippen molar-refractivity contribution in [2.24, 2.45) is 0 Å². The van der Waals surface area contributed by atoms with Gasteiger partial charge in [-0.25, -0.2) is 4.98 Å². The Balaban J connectivity index is 1.51. The van der Waals surface area contributed by atoms with Crippen LogP contribution in [0.25, 0.3) is 26.3 Å². The summed E-state index contributed by atoms with van der Waals surface area (Å²) >= 11 is 2.63. The van der Waals surface area contributed by atoms with Crippen LogP contribution < -0.4 is 10.9 Å². The van der Waals surface area contributed by atoms with Crippen molar-refractivity contribution in [3.8, 4) is 22.2 Å². The first-order valence-corrected chi connectivity index (χ1v) is 12.5. The van der Waals surface area contributed by atoms with Crippen LogP contribution >= 0.6 is 23.1 Å². The molecular formula is C27H18N4O2S2. The highest BCUT2D eigenvalue weighted by molar-refractivity contribution is 7.99. The topological polar surface area (TPSA) is 87.8 Å². The van der Waals surface area contributed by atoms with Gasteiger partial charge in [-0.05, 0) is 35.9 Å². The molecule has 0 aliphatic carbocycles. The molecule has 3 aromatic carbocycles. The van der Waals surface area contributed by atoms with Gasteiger partial charge in [0.1, 0.15) is 10.9 Å². The second kappa shape index (κ2) is 9.97. The maximum Gasteiger partial charge on any atom is 0.267 e. The Morgan fingerprint density at radius 3 is 2.43 bits per heavy atom. The first-order chi connectivity index (χ1) is 17.1. The zero-order valence-electron chi connectivity index (χ0n) is 18.3. The van der Waals surface area contributed by atoms with E-state index in [2.05, 4.69) is 11.4 Å². The van der Waals surface area contributed by atoms with Gasteiger partial charge in [-0.2, -0.15) is 5.26 Å². The Morgan fingerprint density at radius 2 is 1.69 bits per heavy atom. The molecule has 170 valence electrons. The number of nitriles is 1. The van der Waals surface area contributed by atoms with Crippen LogP contribution in [0, 0.1) is 11.3 Å². The molecule has 1 N–H and O–H groups in total. The van der Waals surface area contributed by atoms with Crippen LogP contribution in [0.5, 0.6) is 0 Å². The molecule has 0 unspecified atom stereocenters. The molecule has 0 bridgehead atoms. The molecular weight excluding hydrogens is 476 g/mol. The lowest BCUT2D eigenvalue weighted by atomic mass is 10.2. The van der Waals surface area contributed by atoms with E-state index in [0.29, 0.717) is 32.3 Å². The van der Waals surface area contributed by atoms with Crippen LogP contribution in [-0.2, 0) is 4.79 Å². The highest BCUT2D eigenvalue weighted by Gasteiger charge is 2.18. The summed E-state index contributed by atoms with van der Waals surface area (Å²) in [7, 11) is 0. The molecule has 2 aromatic heterocycles. The minimum Gasteiger partial charge on any atom is -0.324 e. The molecule has 0 saturated carbocycles. The summed E-state index contributed by atoms with van der Waals surface area (Å²) in [4.78, 5) is 32.6. The standard InChI is InChI=1S/C27H18N4O2S2/c28-16-19-11-7-8-14-22(19)29-24(32)17-34-27-30-25-21(15-23(35-25)18-9-3-1-4-10-18)26(33)31(27)20-12-5-2-6-13-20/h1-15H,17H2,(H,29,32). The maximum atomic E-state index is 13.6. The van der Waals surface area contributed by atoms with E-state index < -0.39 is 0 Å². The molecule has 1 amide bonds. The number of hydrogen-bond donors (Lipinski definition) is 1. The minimum absolute atomic E-state index is 0.0292. The van der Waals surface area contributed by atoms with E-state index in [1.807, 2.05) is 66.7 Å². The lowest BCUT2D eigenvalue weighted by Gasteiger charge is -2.12. The molecule has 0 radical (unpaired) electrons. The Labute approximate surface area is 209 Å². The van der Waals surface area contributed by atoms with Crippen LogP contribution in [0.15, 0.2) is 101 Å². The summed E-state index contributed by atoms with van der Waals surface area (Å²) in [5.41, 5.74) is 2.36. The van der Waals surface area contributed by atoms with Gasteiger partial charge in [0.05, 0.1) is 28.1 Å². The number of para-hydroxylation sites is 2. The number of thioether (sulfide) groups is 1. The number of benzene rings is 3. The Bertz CT molecular complexity index is 1620. The molecule has 0 atom stereocenters. The number of fused-ring (bicyclic) bond motifs is 1. The van der Waals surface area contributed by atoms with Crippen molar-refractivity contribution in [2.45, 2.75) is 5.16 Å². The van der Waals surface area contributed by atoms with Gasteiger partial charge in [0.2, 0.25) is 5.91 Å². The normalized spacial score (nSPS) is 10.7. The van der Waals surface area contributed by atoms with Gasteiger partial charge in [0.25, 0.3) is 5.56 Å². The summed E-state index contributed by atoms with van der Waals surface area (Å²) in [5.74, 6) is -0.260. The molecule has 8 heteroatoms. The van der Waals surface area contributed by atoms with Crippen molar-refractivity contribution in [1.29, 1.82) is 5.26 Å². The average molecular weight is 495 g/mol. The van der Waals surface area contributed by atoms with E-state index in [0.717, 1.165) is 10.4 Å². The van der Waals surface area contributed by atoms with E-state index in [-0.39, 0.29) is 17.2 Å². The molecule has 0 saturated heterocycles. The van der Waals surface area contributed by atoms with E-state index in [1.54, 1.807) is 28.8 Å². The van der Waals surface area contributed by atoms with Crippen molar-refractivity contribution in [2.75, 3.05) is 11.1 Å². The zero-order valence-corrected chi connectivity index (χ0v) is 20.0. The molecule has 0 aliphatic rings. The van der Waals surface area contributed by atoms with Crippen LogP contribution in [0.3, 0.4) is 0 Å². The van der Waals surface area contributed by atoms with Crippen molar-refractivity contribution < 1.29 is 4.79 Å². The number of rotatable bonds is 6. The van der Waals surface area contributed by atoms with Crippen molar-refractivity contribution >= 4 is 44.9 Å². The van der Waals surface area contributed by atoms with Crippen LogP contribution in [0.4, 0.5) is 5.69 Å². The maximum absolute atomic E-state index is 13.6. The third-order valence-electron chi connectivity index (χ3n) is 5.26. The first-order valence-electron chi connectivity index (χ1n) is 10.7. The number of carbonyl (C=O) groups excluding carboxylic acids is 1. The number of thiophene rings is 1. The second-order valence-corrected chi connectivity index (χ2v) is 9.53. The van der Waals surface area contributed by atoms with E-state index >= 15 is 0 Å². The second-order valence-electron chi connectivity index (χ2n) is 7.56. The lowest BCUT2D eigenvalue weighted by Crippen LogP contribution is -2.22. The molecule has 5 aromatic rings. The van der Waals surface area contributed by atoms with E-state index in [1.165, 1.54) is 23.1 Å². The quantitative estimate of drug-likeness (QED) is 0.241. The van der Waals surface area contributed by atoms with E-state index in [4.69, 9.17) is 4.98 Å². The zero-order chi connectivity index (χ0) is 24.2. The third-order valence-corrected chi connectivity index (χ3v) is 7.28. The molecule has 2 heterocycles. The number of aromatic nitrogens is 2. The molecule has 0 fully saturated rings. The number of anilines is 1. The van der Waals surface area contributed by atoms with Gasteiger partial charge in [-0.1, -0.05) is 72.4 Å². The summed E-state index contributed by atoms with van der Waals surface area (Å²) in [6.45, 7) is 0. The number of nitrogens with zero attached hydrogens (tertiary/aromatic N) is 3. The van der Waals surface area contributed by atoms with Gasteiger partial charge >= 0.3 is 0 Å². The summed E-state index contributed by atoms with van der Waals surface area (Å²) in [6.07, 6.45) is 0. The SMILES string of the molecule is N#Cc1ccccc1NC(=O)CSc1nc2sc(-c3ccccc3)cc2c(=O)n1-c1ccccc1. The van der Waals surface area contributed by atoms with Gasteiger partial charge in [0.15, 0.2) is 5.16 Å². The number of nitrogens with one attached hydrogen (secondary N) is 1. The van der Waals surface area contributed by atoms with Gasteiger partial charge in [-0.3, -0.25) is 14.2 Å². The lowest BCUT2D eigenvalue weighted by molar-refractivity contribution is -0.113. The smallest absolute Gasteiger partial charge is 0.267 e. The number of hydrogen-bond acceptors (Lipinski definition) is 6. The molecule has 0 spiro atoms. The summed E-state index contributed by atoms with van der Waals surface area (Å²) < 4.78 is 1.55. The molecule has 6 nitrogen and oxygen atoms in total. The van der Waals surface area contributed by atoms with Crippen LogP contribution in [-0.4, -0.2) is 21.2 Å². The predicted octanol–water partition coefficient (Wildman–Crippen LogP) is 5.72. The highest BCUT2D eigenvalue weighted by atomic mass is 32.2. The molecule has 0 aliphatic heterocycles. The minimum atomic E-state index is -0.289. The third kappa shape index (κ3) is 4.73. The fourth-order valence-corrected chi connectivity index (χ4v) is 5.50. The van der Waals surface area contributed by atoms with Crippen molar-refractivity contribution in [3.05, 3.63) is 107 Å². The Morgan fingerprint density at radius 1 is 1.00 bits per heavy atom. The average Bonchev–Trinajstić information content (AvgIpc) is 3.33. The summed E-state index contributed by atoms with van der Waals surface area (Å²) in [6, 6.07) is 29.9. The van der Waals surface area contributed by atoms with Gasteiger partial charge < -0.3 is 5.32 Å². The van der Waals surface area contributed by atoms with E-state index in [9.17, 15) is 14.9 Å². The fourth-order valence-electron chi connectivity index (χ4n) is 3.61. The predicted molar refractivity (Wildman–Crippen MR) is 141 cm³/mol. The largest absolute Gasteiger partial charge is 0.324 e. The molecule has 5 rings (SSSR count). The highest BCUT2D eigenvalue weighted by Crippen LogP contribution is 2.32. The molecule has 35 heavy (non-hydrogen) atoms. The van der Waals surface area contributed by atoms with Gasteiger partial charge in [-0.15, -0.1) is 11.3 Å². The van der Waals surface area contributed by atoms with Crippen molar-refractivity contribution in [3.63, 3.8) is 0 Å². The van der Waals surface area contributed by atoms with Crippen molar-refractivity contribution in [1.82, 2.24) is 9.55 Å². The van der Waals surface area contributed by atoms with Crippen LogP contribution in [0.2, 0.25) is 0 Å². The summed E-state index contributed by atoms with van der Waals surface area (Å²) in [5, 5.41) is 13.0. The number of amides is 1. The van der Waals surface area contributed by atoms with Gasteiger partial charge in [0, 0.05) is 4.88 Å². The Hall–Kier alpha value is -4.19.